The molecule has 32 heavy (non-hydrogen) atoms. The summed E-state index contributed by atoms with van der Waals surface area (Å²) in [6.07, 6.45) is 1.68. The fourth-order valence-corrected chi connectivity index (χ4v) is 4.37. The van der Waals surface area contributed by atoms with Gasteiger partial charge >= 0.3 is 6.03 Å². The fraction of sp³-hybridized carbons (Fsp3) is 0.417. The van der Waals surface area contributed by atoms with Gasteiger partial charge in [-0.3, -0.25) is 4.79 Å². The zero-order chi connectivity index (χ0) is 22.2. The number of carbonyl (C=O) groups is 2. The molecule has 0 spiro atoms. The van der Waals surface area contributed by atoms with Crippen molar-refractivity contribution in [3.8, 4) is 0 Å². The molecule has 2 heterocycles. The van der Waals surface area contributed by atoms with E-state index in [1.165, 1.54) is 25.5 Å². The summed E-state index contributed by atoms with van der Waals surface area (Å²) in [5.41, 5.74) is 1.96. The molecule has 0 bridgehead atoms. The van der Waals surface area contributed by atoms with Gasteiger partial charge in [0.1, 0.15) is 11.4 Å². The number of benzene rings is 2. The number of nitrogens with one attached hydrogen (secondary N) is 1. The van der Waals surface area contributed by atoms with Crippen molar-refractivity contribution >= 4 is 31.1 Å². The van der Waals surface area contributed by atoms with Gasteiger partial charge in [0.05, 0.1) is 6.54 Å². The predicted octanol–water partition coefficient (Wildman–Crippen LogP) is 3.96. The molecule has 3 amide bonds. The number of halogens is 1. The molecule has 0 atom stereocenters. The van der Waals surface area contributed by atoms with Gasteiger partial charge in [-0.05, 0) is 61.9 Å². The van der Waals surface area contributed by atoms with Crippen LogP contribution in [0.5, 0.6) is 0 Å². The molecule has 1 saturated heterocycles. The Bertz CT molecular complexity index is 983. The molecule has 2 aliphatic rings. The third-order valence-corrected chi connectivity index (χ3v) is 6.15. The molecule has 4 rings (SSSR count). The first-order valence-electron chi connectivity index (χ1n) is 10.7. The van der Waals surface area contributed by atoms with E-state index in [0.717, 1.165) is 18.4 Å². The van der Waals surface area contributed by atoms with Gasteiger partial charge in [0.25, 0.3) is 5.91 Å². The van der Waals surface area contributed by atoms with Crippen LogP contribution in [0.25, 0.3) is 0 Å². The molecule has 2 N–H and O–H groups in total. The number of aliphatic hydroxyl groups is 1. The first kappa shape index (κ1) is 24.1. The molecule has 2 aliphatic heterocycles. The minimum absolute atomic E-state index is 0. The molecular weight excluding hydrogens is 429 g/mol. The largest absolute Gasteiger partial charge is 0.381 e. The van der Waals surface area contributed by atoms with Crippen molar-refractivity contribution in [3.63, 3.8) is 0 Å². The molecular formula is C24H30FN3O3S. The number of fused-ring (bicyclic) bond motifs is 1. The standard InChI is InChI=1S/C24H28FN3O3.H2S/c1-24(2,31)22(29)27-12-10-17(11-13-27)16-6-8-19(9-7-16)26-23(30)28-14-18-4-3-5-21(25)20(18)15-28;/h3-9,17,31H,10-15H2,1-2H3,(H,26,30);1H2. The Kier molecular flexibility index (Phi) is 7.15. The zero-order valence-electron chi connectivity index (χ0n) is 18.4. The van der Waals surface area contributed by atoms with Crippen LogP contribution in [-0.2, 0) is 17.9 Å². The summed E-state index contributed by atoms with van der Waals surface area (Å²) in [5, 5.41) is 12.8. The van der Waals surface area contributed by atoms with Crippen LogP contribution in [0.15, 0.2) is 42.5 Å². The number of urea groups is 1. The summed E-state index contributed by atoms with van der Waals surface area (Å²) in [5.74, 6) is -0.160. The smallest absolute Gasteiger partial charge is 0.322 e. The predicted molar refractivity (Wildman–Crippen MR) is 126 cm³/mol. The van der Waals surface area contributed by atoms with E-state index in [1.54, 1.807) is 15.9 Å². The van der Waals surface area contributed by atoms with Crippen LogP contribution >= 0.6 is 13.5 Å². The van der Waals surface area contributed by atoms with Crippen molar-refractivity contribution in [2.75, 3.05) is 18.4 Å². The van der Waals surface area contributed by atoms with E-state index < -0.39 is 5.60 Å². The van der Waals surface area contributed by atoms with E-state index in [2.05, 4.69) is 5.32 Å². The second kappa shape index (κ2) is 9.50. The summed E-state index contributed by atoms with van der Waals surface area (Å²) in [6.45, 7) is 4.96. The SMILES string of the molecule is CC(C)(O)C(=O)N1CCC(c2ccc(NC(=O)N3Cc4cccc(F)c4C3)cc2)CC1.S. The van der Waals surface area contributed by atoms with E-state index in [0.29, 0.717) is 36.8 Å². The van der Waals surface area contributed by atoms with Crippen molar-refractivity contribution < 1.29 is 19.1 Å². The molecule has 0 aromatic heterocycles. The van der Waals surface area contributed by atoms with Crippen LogP contribution < -0.4 is 5.32 Å². The van der Waals surface area contributed by atoms with Gasteiger partial charge in [-0.1, -0.05) is 24.3 Å². The highest BCUT2D eigenvalue weighted by molar-refractivity contribution is 7.59. The lowest BCUT2D eigenvalue weighted by Gasteiger charge is -2.35. The van der Waals surface area contributed by atoms with Crippen LogP contribution in [0.3, 0.4) is 0 Å². The van der Waals surface area contributed by atoms with Crippen LogP contribution in [-0.4, -0.2) is 45.5 Å². The lowest BCUT2D eigenvalue weighted by atomic mass is 9.89. The first-order valence-corrected chi connectivity index (χ1v) is 10.7. The topological polar surface area (TPSA) is 72.9 Å². The number of hydrogen-bond acceptors (Lipinski definition) is 3. The lowest BCUT2D eigenvalue weighted by Crippen LogP contribution is -2.48. The molecule has 6 nitrogen and oxygen atoms in total. The normalized spacial score (nSPS) is 16.4. The molecule has 0 aliphatic carbocycles. The number of piperidine rings is 1. The third-order valence-electron chi connectivity index (χ3n) is 6.15. The van der Waals surface area contributed by atoms with Crippen LogP contribution in [0, 0.1) is 5.82 Å². The first-order chi connectivity index (χ1) is 14.7. The van der Waals surface area contributed by atoms with Crippen molar-refractivity contribution in [2.24, 2.45) is 0 Å². The Morgan fingerprint density at radius 3 is 2.28 bits per heavy atom. The number of nitrogens with zero attached hydrogens (tertiary/aromatic N) is 2. The van der Waals surface area contributed by atoms with Gasteiger partial charge in [0.2, 0.25) is 0 Å². The van der Waals surface area contributed by atoms with E-state index in [9.17, 15) is 19.1 Å². The molecule has 2 aromatic carbocycles. The van der Waals surface area contributed by atoms with Crippen molar-refractivity contribution in [1.82, 2.24) is 9.80 Å². The number of anilines is 1. The summed E-state index contributed by atoms with van der Waals surface area (Å²) < 4.78 is 13.9. The van der Waals surface area contributed by atoms with Gasteiger partial charge in [-0.25, -0.2) is 9.18 Å². The van der Waals surface area contributed by atoms with Crippen LogP contribution in [0.4, 0.5) is 14.9 Å². The second-order valence-corrected chi connectivity index (χ2v) is 8.91. The summed E-state index contributed by atoms with van der Waals surface area (Å²) in [6, 6.07) is 12.5. The second-order valence-electron chi connectivity index (χ2n) is 8.91. The Labute approximate surface area is 194 Å². The van der Waals surface area contributed by atoms with E-state index in [1.807, 2.05) is 30.3 Å². The van der Waals surface area contributed by atoms with Crippen molar-refractivity contribution in [3.05, 3.63) is 65.0 Å². The maximum atomic E-state index is 13.9. The minimum Gasteiger partial charge on any atom is -0.381 e. The van der Waals surface area contributed by atoms with Crippen LogP contribution in [0.1, 0.15) is 49.3 Å². The van der Waals surface area contributed by atoms with Gasteiger partial charge in [-0.2, -0.15) is 13.5 Å². The molecule has 172 valence electrons. The molecule has 0 unspecified atom stereocenters. The highest BCUT2D eigenvalue weighted by atomic mass is 32.1. The zero-order valence-corrected chi connectivity index (χ0v) is 19.4. The molecule has 1 fully saturated rings. The van der Waals surface area contributed by atoms with Gasteiger partial charge < -0.3 is 20.2 Å². The van der Waals surface area contributed by atoms with Crippen LogP contribution in [0.2, 0.25) is 0 Å². The minimum atomic E-state index is -1.34. The third kappa shape index (κ3) is 5.07. The average Bonchev–Trinajstić information content (AvgIpc) is 3.19. The number of carbonyl (C=O) groups excluding carboxylic acids is 2. The Balaban J connectivity index is 0.00000289. The molecule has 0 radical (unpaired) electrons. The van der Waals surface area contributed by atoms with E-state index in [4.69, 9.17) is 0 Å². The number of likely N-dealkylation sites (tertiary alicyclic amines) is 1. The van der Waals surface area contributed by atoms with Gasteiger partial charge in [0, 0.05) is 30.9 Å². The van der Waals surface area contributed by atoms with E-state index in [-0.39, 0.29) is 37.8 Å². The Hall–Kier alpha value is -2.58. The number of amides is 3. The Morgan fingerprint density at radius 1 is 1.03 bits per heavy atom. The van der Waals surface area contributed by atoms with Crippen molar-refractivity contribution in [1.29, 1.82) is 0 Å². The summed E-state index contributed by atoms with van der Waals surface area (Å²) in [7, 11) is 0. The summed E-state index contributed by atoms with van der Waals surface area (Å²) in [4.78, 5) is 28.1. The fourth-order valence-electron chi connectivity index (χ4n) is 4.37. The Morgan fingerprint density at radius 2 is 1.69 bits per heavy atom. The quantitative estimate of drug-likeness (QED) is 0.730. The van der Waals surface area contributed by atoms with Crippen molar-refractivity contribution in [2.45, 2.75) is 51.3 Å². The average molecular weight is 460 g/mol. The number of hydrogen-bond donors (Lipinski definition) is 2. The van der Waals surface area contributed by atoms with Gasteiger partial charge in [-0.15, -0.1) is 0 Å². The maximum absolute atomic E-state index is 13.9. The van der Waals surface area contributed by atoms with Gasteiger partial charge in [0.15, 0.2) is 0 Å². The highest BCUT2D eigenvalue weighted by Crippen LogP contribution is 2.30. The molecule has 2 aromatic rings. The summed E-state index contributed by atoms with van der Waals surface area (Å²) >= 11 is 0. The van der Waals surface area contributed by atoms with E-state index >= 15 is 0 Å². The highest BCUT2D eigenvalue weighted by Gasteiger charge is 2.32. The number of rotatable bonds is 3. The molecule has 0 saturated carbocycles. The monoisotopic (exact) mass is 459 g/mol. The maximum Gasteiger partial charge on any atom is 0.322 e. The molecule has 8 heteroatoms. The lowest BCUT2D eigenvalue weighted by molar-refractivity contribution is -0.148.